The number of nitriles is 1. The summed E-state index contributed by atoms with van der Waals surface area (Å²) in [5.74, 6) is 2.88. The predicted molar refractivity (Wildman–Crippen MR) is 221 cm³/mol. The molecule has 0 bridgehead atoms. The van der Waals surface area contributed by atoms with Crippen molar-refractivity contribution >= 4 is 27.3 Å². The molecule has 0 N–H and O–H groups in total. The highest BCUT2D eigenvalue weighted by Crippen LogP contribution is 2.44. The standard InChI is InChI=1S/C50H32N4O/c51-31-32-21-23-35(24-22-32)43-30-44-46-40(19-10-20-45(46)55-47(44)42-18-8-7-17-41(42)43)34-25-27-37(28-26-34)49-52-48(36-13-5-2-6-14-36)53-50(54-49)39-16-9-15-38(29-39)33-11-3-1-4-12-33/h1-9,11-19,21-30H,10,20H2. The van der Waals surface area contributed by atoms with Gasteiger partial charge in [0.1, 0.15) is 11.3 Å². The minimum absolute atomic E-state index is 0.617. The van der Waals surface area contributed by atoms with Crippen LogP contribution in [0.1, 0.15) is 28.9 Å². The van der Waals surface area contributed by atoms with Gasteiger partial charge in [-0.2, -0.15) is 5.26 Å². The Morgan fingerprint density at radius 1 is 0.473 bits per heavy atom. The molecule has 7 aromatic carbocycles. The Labute approximate surface area is 318 Å². The summed E-state index contributed by atoms with van der Waals surface area (Å²) >= 11 is 0. The van der Waals surface area contributed by atoms with Gasteiger partial charge in [0.15, 0.2) is 17.5 Å². The smallest absolute Gasteiger partial charge is 0.164 e. The molecule has 0 amide bonds. The average molecular weight is 705 g/mol. The molecule has 0 radical (unpaired) electrons. The molecule has 0 spiro atoms. The number of benzene rings is 7. The van der Waals surface area contributed by atoms with Gasteiger partial charge >= 0.3 is 0 Å². The van der Waals surface area contributed by atoms with Crippen molar-refractivity contribution in [1.29, 1.82) is 5.26 Å². The summed E-state index contributed by atoms with van der Waals surface area (Å²) in [5, 5.41) is 12.7. The van der Waals surface area contributed by atoms with E-state index in [9.17, 15) is 5.26 Å². The van der Waals surface area contributed by atoms with Crippen molar-refractivity contribution in [2.45, 2.75) is 12.8 Å². The van der Waals surface area contributed by atoms with Crippen LogP contribution in [0.5, 0.6) is 0 Å². The van der Waals surface area contributed by atoms with Crippen LogP contribution < -0.4 is 0 Å². The van der Waals surface area contributed by atoms with Gasteiger partial charge in [0.25, 0.3) is 0 Å². The van der Waals surface area contributed by atoms with E-state index in [2.05, 4.69) is 115 Å². The SMILES string of the molecule is N#Cc1ccc(-c2cc3c4c(oc3c3ccccc23)CCC=C4c2ccc(-c3nc(-c4ccccc4)nc(-c4cccc(-c5ccccc5)c4)n3)cc2)cc1. The molecule has 0 fully saturated rings. The third-order valence-corrected chi connectivity index (χ3v) is 10.4. The Morgan fingerprint density at radius 2 is 1.04 bits per heavy atom. The predicted octanol–water partition coefficient (Wildman–Crippen LogP) is 12.4. The fourth-order valence-electron chi connectivity index (χ4n) is 7.73. The first-order valence-electron chi connectivity index (χ1n) is 18.5. The van der Waals surface area contributed by atoms with Gasteiger partial charge in [0, 0.05) is 39.4 Å². The maximum absolute atomic E-state index is 9.42. The Bertz CT molecular complexity index is 2960. The molecule has 258 valence electrons. The lowest BCUT2D eigenvalue weighted by atomic mass is 9.87. The molecule has 1 aliphatic carbocycles. The number of aryl methyl sites for hydroxylation is 1. The minimum atomic E-state index is 0.617. The summed E-state index contributed by atoms with van der Waals surface area (Å²) in [5.41, 5.74) is 12.2. The molecule has 0 atom stereocenters. The second-order valence-corrected chi connectivity index (χ2v) is 13.8. The summed E-state index contributed by atoms with van der Waals surface area (Å²) in [6, 6.07) is 58.1. The first-order chi connectivity index (χ1) is 27.2. The van der Waals surface area contributed by atoms with Crippen LogP contribution in [0.2, 0.25) is 0 Å². The molecule has 0 unspecified atom stereocenters. The topological polar surface area (TPSA) is 75.6 Å². The summed E-state index contributed by atoms with van der Waals surface area (Å²) in [7, 11) is 0. The van der Waals surface area contributed by atoms with Gasteiger partial charge in [-0.05, 0) is 69.5 Å². The molecule has 0 saturated heterocycles. The Hall–Kier alpha value is -7.42. The molecule has 55 heavy (non-hydrogen) atoms. The molecule has 0 aliphatic heterocycles. The van der Waals surface area contributed by atoms with Crippen molar-refractivity contribution in [3.63, 3.8) is 0 Å². The van der Waals surface area contributed by atoms with Crippen molar-refractivity contribution < 1.29 is 4.42 Å². The van der Waals surface area contributed by atoms with Crippen LogP contribution in [0.15, 0.2) is 174 Å². The van der Waals surface area contributed by atoms with E-state index in [-0.39, 0.29) is 0 Å². The molecule has 0 saturated carbocycles. The summed E-state index contributed by atoms with van der Waals surface area (Å²) in [6.45, 7) is 0. The van der Waals surface area contributed by atoms with Crippen molar-refractivity contribution in [1.82, 2.24) is 15.0 Å². The second-order valence-electron chi connectivity index (χ2n) is 13.8. The number of hydrogen-bond acceptors (Lipinski definition) is 5. The van der Waals surface area contributed by atoms with Crippen LogP contribution in [0.25, 0.3) is 83.7 Å². The maximum Gasteiger partial charge on any atom is 0.164 e. The second kappa shape index (κ2) is 13.5. The van der Waals surface area contributed by atoms with Gasteiger partial charge in [-0.3, -0.25) is 0 Å². The van der Waals surface area contributed by atoms with E-state index in [0.29, 0.717) is 23.0 Å². The lowest BCUT2D eigenvalue weighted by molar-refractivity contribution is 0.548. The Kier molecular flexibility index (Phi) is 7.93. The zero-order chi connectivity index (χ0) is 36.7. The highest BCUT2D eigenvalue weighted by Gasteiger charge is 2.25. The van der Waals surface area contributed by atoms with E-state index in [1.165, 1.54) is 0 Å². The molecule has 2 heterocycles. The van der Waals surface area contributed by atoms with E-state index >= 15 is 0 Å². The van der Waals surface area contributed by atoms with Crippen molar-refractivity contribution in [3.05, 3.63) is 192 Å². The quantitative estimate of drug-likeness (QED) is 0.172. The number of aromatic nitrogens is 3. The van der Waals surface area contributed by atoms with Crippen LogP contribution >= 0.6 is 0 Å². The summed E-state index contributed by atoms with van der Waals surface area (Å²) < 4.78 is 6.71. The average Bonchev–Trinajstić information content (AvgIpc) is 3.66. The third kappa shape index (κ3) is 5.87. The zero-order valence-electron chi connectivity index (χ0n) is 29.8. The Morgan fingerprint density at radius 3 is 1.75 bits per heavy atom. The van der Waals surface area contributed by atoms with Crippen LogP contribution in [0.3, 0.4) is 0 Å². The number of rotatable bonds is 6. The monoisotopic (exact) mass is 704 g/mol. The molecule has 5 heteroatoms. The lowest BCUT2D eigenvalue weighted by Gasteiger charge is -2.15. The van der Waals surface area contributed by atoms with Gasteiger partial charge in [-0.1, -0.05) is 146 Å². The number of nitrogens with zero attached hydrogens (tertiary/aromatic N) is 4. The van der Waals surface area contributed by atoms with Crippen LogP contribution in [-0.4, -0.2) is 15.0 Å². The lowest BCUT2D eigenvalue weighted by Crippen LogP contribution is -2.01. The summed E-state index contributed by atoms with van der Waals surface area (Å²) in [4.78, 5) is 15.0. The Balaban J connectivity index is 1.06. The van der Waals surface area contributed by atoms with Crippen LogP contribution in [0.4, 0.5) is 0 Å². The first kappa shape index (κ1) is 32.2. The number of fused-ring (bicyclic) bond motifs is 5. The minimum Gasteiger partial charge on any atom is -0.460 e. The zero-order valence-corrected chi connectivity index (χ0v) is 29.8. The molecule has 2 aromatic heterocycles. The number of allylic oxidation sites excluding steroid dienone is 1. The molecular formula is C50H32N4O. The molecule has 10 rings (SSSR count). The van der Waals surface area contributed by atoms with E-state index in [0.717, 1.165) is 96.0 Å². The van der Waals surface area contributed by atoms with Crippen LogP contribution in [0, 0.1) is 11.3 Å². The van der Waals surface area contributed by atoms with E-state index in [4.69, 9.17) is 19.4 Å². The number of furan rings is 1. The van der Waals surface area contributed by atoms with Gasteiger partial charge in [0.2, 0.25) is 0 Å². The fraction of sp³-hybridized carbons (Fsp3) is 0.0400. The van der Waals surface area contributed by atoms with Crippen molar-refractivity contribution in [2.24, 2.45) is 0 Å². The fourth-order valence-corrected chi connectivity index (χ4v) is 7.73. The normalized spacial score (nSPS) is 12.3. The van der Waals surface area contributed by atoms with Crippen molar-refractivity contribution in [2.75, 3.05) is 0 Å². The first-order valence-corrected chi connectivity index (χ1v) is 18.5. The molecular weight excluding hydrogens is 673 g/mol. The largest absolute Gasteiger partial charge is 0.460 e. The van der Waals surface area contributed by atoms with Gasteiger partial charge in [-0.25, -0.2) is 15.0 Å². The van der Waals surface area contributed by atoms with E-state index < -0.39 is 0 Å². The van der Waals surface area contributed by atoms with E-state index in [1.807, 2.05) is 60.7 Å². The molecule has 5 nitrogen and oxygen atoms in total. The number of hydrogen-bond donors (Lipinski definition) is 0. The highest BCUT2D eigenvalue weighted by molar-refractivity contribution is 6.15. The maximum atomic E-state index is 9.42. The van der Waals surface area contributed by atoms with Gasteiger partial charge < -0.3 is 4.42 Å². The van der Waals surface area contributed by atoms with E-state index in [1.54, 1.807) is 0 Å². The van der Waals surface area contributed by atoms with Crippen molar-refractivity contribution in [3.8, 4) is 62.5 Å². The van der Waals surface area contributed by atoms with Gasteiger partial charge in [0.05, 0.1) is 11.6 Å². The highest BCUT2D eigenvalue weighted by atomic mass is 16.3. The summed E-state index contributed by atoms with van der Waals surface area (Å²) in [6.07, 6.45) is 4.06. The third-order valence-electron chi connectivity index (χ3n) is 10.4. The van der Waals surface area contributed by atoms with Crippen LogP contribution in [-0.2, 0) is 6.42 Å². The van der Waals surface area contributed by atoms with Gasteiger partial charge in [-0.15, -0.1) is 0 Å². The molecule has 1 aliphatic rings. The molecule has 9 aromatic rings.